The topological polar surface area (TPSA) is 79.7 Å². The molecule has 2 aliphatic rings. The highest BCUT2D eigenvalue weighted by Crippen LogP contribution is 2.38. The van der Waals surface area contributed by atoms with E-state index in [1.807, 2.05) is 6.07 Å². The summed E-state index contributed by atoms with van der Waals surface area (Å²) < 4.78 is 4.81. The normalized spacial score (nSPS) is 24.6. The largest absolute Gasteiger partial charge is 0.467 e. The molecule has 4 rings (SSSR count). The van der Waals surface area contributed by atoms with Gasteiger partial charge in [0.25, 0.3) is 5.91 Å². The van der Waals surface area contributed by atoms with Crippen molar-refractivity contribution in [2.45, 2.75) is 58.6 Å². The van der Waals surface area contributed by atoms with Crippen molar-refractivity contribution in [1.82, 2.24) is 9.88 Å². The van der Waals surface area contributed by atoms with E-state index in [2.05, 4.69) is 26.8 Å². The van der Waals surface area contributed by atoms with E-state index in [1.54, 1.807) is 0 Å². The lowest BCUT2D eigenvalue weighted by Crippen LogP contribution is -2.40. The summed E-state index contributed by atoms with van der Waals surface area (Å²) in [6, 6.07) is 3.32. The highest BCUT2D eigenvalue weighted by Gasteiger charge is 2.40. The van der Waals surface area contributed by atoms with Crippen molar-refractivity contribution >= 4 is 33.4 Å². The molecule has 6 nitrogen and oxygen atoms in total. The predicted octanol–water partition coefficient (Wildman–Crippen LogP) is 3.20. The number of fused-ring (bicyclic) bond motifs is 2. The number of carbonyl (C=O) groups excluding carboxylic acids is 2. The molecule has 0 spiro atoms. The van der Waals surface area contributed by atoms with Crippen LogP contribution in [0.2, 0.25) is 0 Å². The summed E-state index contributed by atoms with van der Waals surface area (Å²) in [6.45, 7) is 7.01. The molecule has 1 aliphatic carbocycles. The van der Waals surface area contributed by atoms with E-state index in [1.165, 1.54) is 28.9 Å². The highest BCUT2D eigenvalue weighted by atomic mass is 32.1. The molecule has 0 saturated carbocycles. The first-order valence-corrected chi connectivity index (χ1v) is 11.0. The molecule has 1 amide bonds. The van der Waals surface area contributed by atoms with Gasteiger partial charge < -0.3 is 14.7 Å². The minimum absolute atomic E-state index is 0.143. The van der Waals surface area contributed by atoms with Crippen LogP contribution in [-0.2, 0) is 22.4 Å². The van der Waals surface area contributed by atoms with Gasteiger partial charge >= 0.3 is 5.97 Å². The Kier molecular flexibility index (Phi) is 5.15. The number of aliphatic hydroxyl groups excluding tert-OH is 1. The lowest BCUT2D eigenvalue weighted by atomic mass is 9.71. The first kappa shape index (κ1) is 20.3. The maximum Gasteiger partial charge on any atom is 0.328 e. The van der Waals surface area contributed by atoms with Crippen LogP contribution in [0.5, 0.6) is 0 Å². The van der Waals surface area contributed by atoms with E-state index in [0.717, 1.165) is 35.2 Å². The van der Waals surface area contributed by atoms with Crippen LogP contribution in [0.4, 0.5) is 0 Å². The number of amides is 1. The number of rotatable bonds is 2. The van der Waals surface area contributed by atoms with Crippen LogP contribution in [0.1, 0.15) is 54.5 Å². The molecule has 1 unspecified atom stereocenters. The number of carbonyl (C=O) groups is 2. The average Bonchev–Trinajstić information content (AvgIpc) is 3.26. The molecule has 1 fully saturated rings. The number of methoxy groups -OCH3 is 1. The van der Waals surface area contributed by atoms with Crippen molar-refractivity contribution in [2.75, 3.05) is 13.7 Å². The van der Waals surface area contributed by atoms with E-state index in [4.69, 9.17) is 9.72 Å². The number of aryl methyl sites for hydroxylation is 1. The van der Waals surface area contributed by atoms with Crippen molar-refractivity contribution in [3.8, 4) is 0 Å². The smallest absolute Gasteiger partial charge is 0.328 e. The summed E-state index contributed by atoms with van der Waals surface area (Å²) in [7, 11) is 1.30. The third-order valence-electron chi connectivity index (χ3n) is 6.32. The quantitative estimate of drug-likeness (QED) is 0.761. The van der Waals surface area contributed by atoms with Gasteiger partial charge in [-0.1, -0.05) is 20.8 Å². The SMILES string of the molecule is COC(=O)[C@@H]1C[C@@H](O)CN1C(=O)c1cc2cc3c(nc2s1)CCC(C(C)(C)C)C3. The first-order chi connectivity index (χ1) is 13.7. The molecule has 0 aromatic carbocycles. The highest BCUT2D eigenvalue weighted by molar-refractivity contribution is 7.20. The minimum Gasteiger partial charge on any atom is -0.467 e. The number of likely N-dealkylation sites (tertiary alicyclic amines) is 1. The molecule has 1 aliphatic heterocycles. The van der Waals surface area contributed by atoms with Gasteiger partial charge in [-0.3, -0.25) is 4.79 Å². The summed E-state index contributed by atoms with van der Waals surface area (Å²) in [5.74, 6) is -0.107. The molecule has 0 radical (unpaired) electrons. The van der Waals surface area contributed by atoms with Crippen LogP contribution in [0.3, 0.4) is 0 Å². The van der Waals surface area contributed by atoms with Gasteiger partial charge in [0.1, 0.15) is 10.9 Å². The third kappa shape index (κ3) is 3.78. The van der Waals surface area contributed by atoms with E-state index in [9.17, 15) is 14.7 Å². The fourth-order valence-electron chi connectivity index (χ4n) is 4.51. The number of thiophene rings is 1. The number of hydrogen-bond donors (Lipinski definition) is 1. The van der Waals surface area contributed by atoms with E-state index in [0.29, 0.717) is 10.8 Å². The number of aliphatic hydroxyl groups is 1. The van der Waals surface area contributed by atoms with Crippen LogP contribution in [0.25, 0.3) is 10.2 Å². The van der Waals surface area contributed by atoms with Gasteiger partial charge in [0, 0.05) is 24.0 Å². The van der Waals surface area contributed by atoms with Crippen LogP contribution < -0.4 is 0 Å². The second-order valence-corrected chi connectivity index (χ2v) is 10.3. The summed E-state index contributed by atoms with van der Waals surface area (Å²) in [5, 5.41) is 10.9. The van der Waals surface area contributed by atoms with Crippen LogP contribution in [0.15, 0.2) is 12.1 Å². The van der Waals surface area contributed by atoms with Crippen molar-refractivity contribution < 1.29 is 19.4 Å². The summed E-state index contributed by atoms with van der Waals surface area (Å²) in [5.41, 5.74) is 2.69. The second kappa shape index (κ2) is 7.36. The van der Waals surface area contributed by atoms with Crippen molar-refractivity contribution in [1.29, 1.82) is 0 Å². The number of esters is 1. The van der Waals surface area contributed by atoms with Gasteiger partial charge in [-0.05, 0) is 48.3 Å². The Balaban J connectivity index is 1.63. The third-order valence-corrected chi connectivity index (χ3v) is 7.35. The Hall–Kier alpha value is -1.99. The maximum absolute atomic E-state index is 13.1. The Labute approximate surface area is 174 Å². The Morgan fingerprint density at radius 1 is 1.31 bits per heavy atom. The maximum atomic E-state index is 13.1. The zero-order valence-corrected chi connectivity index (χ0v) is 18.2. The zero-order valence-electron chi connectivity index (χ0n) is 17.4. The number of β-amino-alcohol motifs (C(OH)–C–C–N with tert-alkyl or cyclic N) is 1. The molecule has 3 heterocycles. The molecule has 1 N–H and O–H groups in total. The Morgan fingerprint density at radius 2 is 2.07 bits per heavy atom. The fourth-order valence-corrected chi connectivity index (χ4v) is 5.50. The van der Waals surface area contributed by atoms with Crippen molar-refractivity contribution in [2.24, 2.45) is 11.3 Å². The van der Waals surface area contributed by atoms with Gasteiger partial charge in [0.15, 0.2) is 0 Å². The Bertz CT molecular complexity index is 962. The second-order valence-electron chi connectivity index (χ2n) is 9.29. The molecule has 156 valence electrons. The summed E-state index contributed by atoms with van der Waals surface area (Å²) in [4.78, 5) is 32.8. The summed E-state index contributed by atoms with van der Waals surface area (Å²) >= 11 is 1.36. The van der Waals surface area contributed by atoms with E-state index in [-0.39, 0.29) is 24.3 Å². The van der Waals surface area contributed by atoms with Gasteiger partial charge in [-0.15, -0.1) is 11.3 Å². The number of pyridine rings is 1. The average molecular weight is 417 g/mol. The molecule has 0 bridgehead atoms. The number of ether oxygens (including phenoxy) is 1. The van der Waals surface area contributed by atoms with Gasteiger partial charge in [-0.25, -0.2) is 9.78 Å². The molecular formula is C22H28N2O4S. The van der Waals surface area contributed by atoms with Gasteiger partial charge in [0.2, 0.25) is 0 Å². The van der Waals surface area contributed by atoms with Gasteiger partial charge in [-0.2, -0.15) is 0 Å². The van der Waals surface area contributed by atoms with Crippen molar-refractivity contribution in [3.05, 3.63) is 28.3 Å². The van der Waals surface area contributed by atoms with Crippen LogP contribution in [0, 0.1) is 11.3 Å². The summed E-state index contributed by atoms with van der Waals surface area (Å²) in [6.07, 6.45) is 2.63. The number of aromatic nitrogens is 1. The minimum atomic E-state index is -0.735. The molecule has 3 atom stereocenters. The van der Waals surface area contributed by atoms with Crippen LogP contribution in [-0.4, -0.2) is 52.7 Å². The molecule has 2 aromatic heterocycles. The van der Waals surface area contributed by atoms with Gasteiger partial charge in [0.05, 0.1) is 18.1 Å². The van der Waals surface area contributed by atoms with Crippen molar-refractivity contribution in [3.63, 3.8) is 0 Å². The fraction of sp³-hybridized carbons (Fsp3) is 0.591. The predicted molar refractivity (Wildman–Crippen MR) is 112 cm³/mol. The van der Waals surface area contributed by atoms with E-state index >= 15 is 0 Å². The molecule has 29 heavy (non-hydrogen) atoms. The standard InChI is InChI=1S/C22H28N2O4S/c1-22(2,3)14-5-6-16-12(8-14)7-13-9-18(29-19(13)23-16)20(26)24-11-15(25)10-17(24)21(27)28-4/h7,9,14-15,17,25H,5-6,8,10-11H2,1-4H3/t14?,15-,17+/m1/s1. The van der Waals surface area contributed by atoms with E-state index < -0.39 is 18.1 Å². The van der Waals surface area contributed by atoms with Crippen LogP contribution >= 0.6 is 11.3 Å². The molecule has 7 heteroatoms. The molecular weight excluding hydrogens is 388 g/mol. The lowest BCUT2D eigenvalue weighted by Gasteiger charge is -2.34. The molecule has 1 saturated heterocycles. The molecule has 2 aromatic rings. The number of nitrogens with zero attached hydrogens (tertiary/aromatic N) is 2. The monoisotopic (exact) mass is 416 g/mol. The lowest BCUT2D eigenvalue weighted by molar-refractivity contribution is -0.145. The zero-order chi connectivity index (χ0) is 20.9. The number of hydrogen-bond acceptors (Lipinski definition) is 6. The Morgan fingerprint density at radius 3 is 2.76 bits per heavy atom. The first-order valence-electron chi connectivity index (χ1n) is 10.2.